The maximum Gasteiger partial charge on any atom is 0.181 e. The molecule has 3 aromatic rings. The zero-order valence-corrected chi connectivity index (χ0v) is 10.5. The zero-order valence-electron chi connectivity index (χ0n) is 8.91. The molecule has 0 fully saturated rings. The Kier molecular flexibility index (Phi) is 2.74. The Hall–Kier alpha value is -1.53. The number of thioether (sulfide) groups is 1. The normalized spacial score (nSPS) is 11.1. The van der Waals surface area contributed by atoms with Crippen molar-refractivity contribution >= 4 is 33.9 Å². The van der Waals surface area contributed by atoms with Gasteiger partial charge < -0.3 is 10.1 Å². The molecule has 0 saturated carbocycles. The summed E-state index contributed by atoms with van der Waals surface area (Å²) < 4.78 is 3.15. The number of nitrogens with two attached hydrogens (primary N) is 1. The highest BCUT2D eigenvalue weighted by Crippen LogP contribution is 2.28. The van der Waals surface area contributed by atoms with E-state index in [0.29, 0.717) is 5.13 Å². The highest BCUT2D eigenvalue weighted by atomic mass is 32.2. The van der Waals surface area contributed by atoms with E-state index in [0.717, 1.165) is 21.3 Å². The molecule has 0 bridgehead atoms. The predicted octanol–water partition coefficient (Wildman–Crippen LogP) is 2.67. The van der Waals surface area contributed by atoms with E-state index in [1.807, 2.05) is 35.0 Å². The average molecular weight is 262 g/mol. The highest BCUT2D eigenvalue weighted by Gasteiger charge is 2.04. The summed E-state index contributed by atoms with van der Waals surface area (Å²) in [5.74, 6) is 0.837. The van der Waals surface area contributed by atoms with Crippen molar-refractivity contribution in [3.05, 3.63) is 42.5 Å². The summed E-state index contributed by atoms with van der Waals surface area (Å²) in [5.41, 5.74) is 7.62. The van der Waals surface area contributed by atoms with Crippen molar-refractivity contribution in [1.82, 2.24) is 14.4 Å². The summed E-state index contributed by atoms with van der Waals surface area (Å²) in [6, 6.07) is 5.98. The van der Waals surface area contributed by atoms with Gasteiger partial charge in [0.1, 0.15) is 5.65 Å². The fourth-order valence-electron chi connectivity index (χ4n) is 1.54. The third-order valence-corrected chi connectivity index (χ3v) is 4.33. The van der Waals surface area contributed by atoms with Crippen molar-refractivity contribution in [2.24, 2.45) is 0 Å². The Morgan fingerprint density at radius 1 is 1.41 bits per heavy atom. The van der Waals surface area contributed by atoms with Gasteiger partial charge in [0.05, 0.1) is 16.1 Å². The number of imidazole rings is 1. The van der Waals surface area contributed by atoms with Crippen molar-refractivity contribution in [3.8, 4) is 0 Å². The van der Waals surface area contributed by atoms with Crippen LogP contribution in [0.1, 0.15) is 5.69 Å². The maximum atomic E-state index is 5.58. The van der Waals surface area contributed by atoms with Crippen molar-refractivity contribution < 1.29 is 0 Å². The molecule has 2 N–H and O–H groups in total. The lowest BCUT2D eigenvalue weighted by Crippen LogP contribution is -1.77. The number of hydrogen-bond acceptors (Lipinski definition) is 5. The lowest BCUT2D eigenvalue weighted by molar-refractivity contribution is 1.18. The number of rotatable bonds is 3. The molecule has 3 rings (SSSR count). The zero-order chi connectivity index (χ0) is 11.7. The molecule has 3 aromatic heterocycles. The van der Waals surface area contributed by atoms with Crippen LogP contribution in [0.4, 0.5) is 5.13 Å². The van der Waals surface area contributed by atoms with E-state index in [9.17, 15) is 0 Å². The number of pyridine rings is 1. The number of nitrogen functional groups attached to an aromatic ring is 1. The standard InChI is InChI=1S/C11H10N4S2/c12-11-13-5-10(17-11)16-7-8-6-15-4-2-1-3-9(15)14-8/h1-6H,7H2,(H2,12,13). The molecule has 17 heavy (non-hydrogen) atoms. The van der Waals surface area contributed by atoms with Crippen LogP contribution in [0, 0.1) is 0 Å². The van der Waals surface area contributed by atoms with Crippen molar-refractivity contribution in [2.75, 3.05) is 5.73 Å². The first kappa shape index (κ1) is 10.6. The molecule has 3 heterocycles. The number of thiazole rings is 1. The van der Waals surface area contributed by atoms with E-state index < -0.39 is 0 Å². The minimum absolute atomic E-state index is 0.613. The third kappa shape index (κ3) is 2.27. The van der Waals surface area contributed by atoms with E-state index >= 15 is 0 Å². The second-order valence-electron chi connectivity index (χ2n) is 3.50. The van der Waals surface area contributed by atoms with Gasteiger partial charge in [-0.3, -0.25) is 0 Å². The molecule has 0 aromatic carbocycles. The smallest absolute Gasteiger partial charge is 0.181 e. The molecule has 0 aliphatic rings. The third-order valence-electron chi connectivity index (χ3n) is 2.28. The summed E-state index contributed by atoms with van der Waals surface area (Å²) in [6.45, 7) is 0. The number of aromatic nitrogens is 3. The van der Waals surface area contributed by atoms with E-state index in [2.05, 4.69) is 9.97 Å². The van der Waals surface area contributed by atoms with Gasteiger partial charge in [-0.05, 0) is 12.1 Å². The first-order valence-corrected chi connectivity index (χ1v) is 6.88. The van der Waals surface area contributed by atoms with E-state index in [1.165, 1.54) is 11.3 Å². The van der Waals surface area contributed by atoms with Crippen LogP contribution >= 0.6 is 23.1 Å². The lowest BCUT2D eigenvalue weighted by Gasteiger charge is -1.92. The topological polar surface area (TPSA) is 56.2 Å². The van der Waals surface area contributed by atoms with Crippen LogP contribution in [0.25, 0.3) is 5.65 Å². The number of anilines is 1. The van der Waals surface area contributed by atoms with Crippen LogP contribution in [0.3, 0.4) is 0 Å². The van der Waals surface area contributed by atoms with Crippen LogP contribution in [0.2, 0.25) is 0 Å². The summed E-state index contributed by atoms with van der Waals surface area (Å²) >= 11 is 3.22. The van der Waals surface area contributed by atoms with Gasteiger partial charge in [0.25, 0.3) is 0 Å². The largest absolute Gasteiger partial charge is 0.375 e. The predicted molar refractivity (Wildman–Crippen MR) is 71.3 cm³/mol. The second-order valence-corrected chi connectivity index (χ2v) is 5.84. The molecule has 0 amide bonds. The second kappa shape index (κ2) is 4.38. The van der Waals surface area contributed by atoms with Gasteiger partial charge in [0.2, 0.25) is 0 Å². The molecular formula is C11H10N4S2. The minimum Gasteiger partial charge on any atom is -0.375 e. The first-order valence-electron chi connectivity index (χ1n) is 5.08. The summed E-state index contributed by atoms with van der Waals surface area (Å²) in [6.07, 6.45) is 5.86. The molecule has 0 radical (unpaired) electrons. The molecule has 0 aliphatic carbocycles. The summed E-state index contributed by atoms with van der Waals surface area (Å²) in [4.78, 5) is 8.55. The van der Waals surface area contributed by atoms with Gasteiger partial charge in [-0.2, -0.15) is 0 Å². The van der Waals surface area contributed by atoms with Crippen molar-refractivity contribution in [1.29, 1.82) is 0 Å². The molecular weight excluding hydrogens is 252 g/mol. The van der Waals surface area contributed by atoms with Gasteiger partial charge in [-0.25, -0.2) is 9.97 Å². The minimum atomic E-state index is 0.613. The molecule has 0 atom stereocenters. The Bertz CT molecular complexity index is 611. The quantitative estimate of drug-likeness (QED) is 0.737. The van der Waals surface area contributed by atoms with Gasteiger partial charge >= 0.3 is 0 Å². The number of hydrogen-bond donors (Lipinski definition) is 1. The molecule has 86 valence electrons. The van der Waals surface area contributed by atoms with Crippen LogP contribution < -0.4 is 5.73 Å². The van der Waals surface area contributed by atoms with Crippen LogP contribution in [0.15, 0.2) is 41.0 Å². The van der Waals surface area contributed by atoms with Gasteiger partial charge in [-0.15, -0.1) is 11.8 Å². The first-order chi connectivity index (χ1) is 8.31. The SMILES string of the molecule is Nc1ncc(SCc2cn3ccccc3n2)s1. The molecule has 0 aliphatic heterocycles. The Labute approximate surface area is 107 Å². The summed E-state index contributed by atoms with van der Waals surface area (Å²) in [7, 11) is 0. The highest BCUT2D eigenvalue weighted by molar-refractivity contribution is 8.00. The maximum absolute atomic E-state index is 5.58. The average Bonchev–Trinajstić information content (AvgIpc) is 2.91. The van der Waals surface area contributed by atoms with E-state index in [1.54, 1.807) is 18.0 Å². The molecule has 6 heteroatoms. The van der Waals surface area contributed by atoms with Crippen molar-refractivity contribution in [3.63, 3.8) is 0 Å². The van der Waals surface area contributed by atoms with E-state index in [4.69, 9.17) is 5.73 Å². The Morgan fingerprint density at radius 2 is 2.35 bits per heavy atom. The van der Waals surface area contributed by atoms with E-state index in [-0.39, 0.29) is 0 Å². The molecule has 0 saturated heterocycles. The van der Waals surface area contributed by atoms with Crippen LogP contribution in [0.5, 0.6) is 0 Å². The van der Waals surface area contributed by atoms with Crippen molar-refractivity contribution in [2.45, 2.75) is 9.96 Å². The Balaban J connectivity index is 1.76. The van der Waals surface area contributed by atoms with Gasteiger partial charge in [0, 0.05) is 18.1 Å². The van der Waals surface area contributed by atoms with Gasteiger partial charge in [0.15, 0.2) is 5.13 Å². The number of fused-ring (bicyclic) bond motifs is 1. The summed E-state index contributed by atoms with van der Waals surface area (Å²) in [5, 5.41) is 0.613. The molecule has 4 nitrogen and oxygen atoms in total. The molecule has 0 spiro atoms. The fourth-order valence-corrected chi connectivity index (χ4v) is 3.18. The van der Waals surface area contributed by atoms with Gasteiger partial charge in [-0.1, -0.05) is 17.4 Å². The monoisotopic (exact) mass is 262 g/mol. The molecule has 0 unspecified atom stereocenters. The van der Waals surface area contributed by atoms with Crippen LogP contribution in [-0.4, -0.2) is 14.4 Å². The number of nitrogens with zero attached hydrogens (tertiary/aromatic N) is 3. The van der Waals surface area contributed by atoms with Crippen LogP contribution in [-0.2, 0) is 5.75 Å². The fraction of sp³-hybridized carbons (Fsp3) is 0.0909. The lowest BCUT2D eigenvalue weighted by atomic mass is 10.5. The Morgan fingerprint density at radius 3 is 3.12 bits per heavy atom.